The van der Waals surface area contributed by atoms with Crippen LogP contribution in [0.1, 0.15) is 41.4 Å². The molecule has 9 heteroatoms. The summed E-state index contributed by atoms with van der Waals surface area (Å²) in [6.45, 7) is 4.09. The average Bonchev–Trinajstić information content (AvgIpc) is 2.74. The smallest absolute Gasteiger partial charge is 0.243 e. The monoisotopic (exact) mass is 433 g/mol. The van der Waals surface area contributed by atoms with E-state index >= 15 is 0 Å². The van der Waals surface area contributed by atoms with Crippen molar-refractivity contribution in [3.63, 3.8) is 0 Å². The number of fused-ring (bicyclic) bond motifs is 1. The van der Waals surface area contributed by atoms with Crippen LogP contribution in [-0.4, -0.2) is 61.3 Å². The molecule has 1 saturated heterocycles. The molecule has 0 bridgehead atoms. The van der Waals surface area contributed by atoms with Crippen molar-refractivity contribution in [3.8, 4) is 0 Å². The van der Waals surface area contributed by atoms with Gasteiger partial charge in [-0.15, -0.1) is 0 Å². The summed E-state index contributed by atoms with van der Waals surface area (Å²) in [6, 6.07) is 3.95. The Kier molecular flexibility index (Phi) is 5.78. The zero-order valence-electron chi connectivity index (χ0n) is 17.7. The minimum absolute atomic E-state index is 0.0697. The molecular weight excluding hydrogens is 405 g/mol. The highest BCUT2D eigenvalue weighted by molar-refractivity contribution is 7.89. The Morgan fingerprint density at radius 2 is 2.03 bits per heavy atom. The lowest BCUT2D eigenvalue weighted by Crippen LogP contribution is -2.40. The van der Waals surface area contributed by atoms with Crippen molar-refractivity contribution in [2.75, 3.05) is 39.0 Å². The van der Waals surface area contributed by atoms with E-state index in [1.165, 1.54) is 22.5 Å². The van der Waals surface area contributed by atoms with Gasteiger partial charge in [-0.25, -0.2) is 22.8 Å². The number of nitrogens with one attached hydrogen (secondary N) is 1. The van der Waals surface area contributed by atoms with Gasteiger partial charge in [0.25, 0.3) is 0 Å². The van der Waals surface area contributed by atoms with Crippen LogP contribution in [-0.2, 0) is 23.0 Å². The zero-order valence-corrected chi connectivity index (χ0v) is 18.5. The SMILES string of the molecule is CNc1nc([C@H]2CCCN(S(=O)(=O)c3ccc(F)c(C)c3)C2)nc2c1CCN(C)C2. The van der Waals surface area contributed by atoms with E-state index in [0.717, 1.165) is 49.4 Å². The lowest BCUT2D eigenvalue weighted by Gasteiger charge is -2.32. The Labute approximate surface area is 177 Å². The molecule has 0 amide bonds. The summed E-state index contributed by atoms with van der Waals surface area (Å²) >= 11 is 0. The van der Waals surface area contributed by atoms with Gasteiger partial charge in [-0.1, -0.05) is 0 Å². The second-order valence-electron chi connectivity index (χ2n) is 8.21. The Morgan fingerprint density at radius 3 is 2.77 bits per heavy atom. The number of rotatable bonds is 4. The van der Waals surface area contributed by atoms with Gasteiger partial charge in [0, 0.05) is 44.7 Å². The molecular formula is C21H28FN5O2S. The number of halogens is 1. The minimum Gasteiger partial charge on any atom is -0.373 e. The molecule has 1 aromatic heterocycles. The van der Waals surface area contributed by atoms with Crippen molar-refractivity contribution in [2.45, 2.75) is 43.5 Å². The summed E-state index contributed by atoms with van der Waals surface area (Å²) in [5.74, 6) is 1.07. The highest BCUT2D eigenvalue weighted by Crippen LogP contribution is 2.32. The molecule has 0 aliphatic carbocycles. The van der Waals surface area contributed by atoms with Crippen LogP contribution in [0.4, 0.5) is 10.2 Å². The fraction of sp³-hybridized carbons (Fsp3) is 0.524. The van der Waals surface area contributed by atoms with E-state index in [1.54, 1.807) is 6.92 Å². The van der Waals surface area contributed by atoms with E-state index in [-0.39, 0.29) is 10.8 Å². The van der Waals surface area contributed by atoms with Gasteiger partial charge in [-0.3, -0.25) is 0 Å². The molecule has 0 unspecified atom stereocenters. The molecule has 1 aromatic carbocycles. The van der Waals surface area contributed by atoms with Gasteiger partial charge in [0.1, 0.15) is 17.5 Å². The largest absolute Gasteiger partial charge is 0.373 e. The molecule has 3 heterocycles. The molecule has 162 valence electrons. The van der Waals surface area contributed by atoms with Gasteiger partial charge < -0.3 is 10.2 Å². The van der Waals surface area contributed by atoms with E-state index in [2.05, 4.69) is 17.3 Å². The Bertz CT molecular complexity index is 1060. The molecule has 2 aliphatic heterocycles. The summed E-state index contributed by atoms with van der Waals surface area (Å²) in [6.07, 6.45) is 2.48. The third kappa shape index (κ3) is 3.93. The molecule has 30 heavy (non-hydrogen) atoms. The Morgan fingerprint density at radius 1 is 1.23 bits per heavy atom. The number of sulfonamides is 1. The maximum atomic E-state index is 13.6. The molecule has 1 N–H and O–H groups in total. The average molecular weight is 434 g/mol. The Balaban J connectivity index is 1.63. The van der Waals surface area contributed by atoms with Crippen molar-refractivity contribution >= 4 is 15.8 Å². The number of anilines is 1. The van der Waals surface area contributed by atoms with Gasteiger partial charge in [0.05, 0.1) is 10.6 Å². The fourth-order valence-corrected chi connectivity index (χ4v) is 5.88. The number of hydrogen-bond acceptors (Lipinski definition) is 6. The van der Waals surface area contributed by atoms with Crippen LogP contribution in [0.25, 0.3) is 0 Å². The normalized spacial score (nSPS) is 20.7. The lowest BCUT2D eigenvalue weighted by molar-refractivity contribution is 0.297. The van der Waals surface area contributed by atoms with Gasteiger partial charge in [-0.05, 0) is 57.0 Å². The van der Waals surface area contributed by atoms with Crippen molar-refractivity contribution in [1.29, 1.82) is 0 Å². The molecule has 2 aromatic rings. The van der Waals surface area contributed by atoms with Gasteiger partial charge in [0.2, 0.25) is 10.0 Å². The maximum Gasteiger partial charge on any atom is 0.243 e. The second kappa shape index (κ2) is 8.20. The van der Waals surface area contributed by atoms with Crippen molar-refractivity contribution < 1.29 is 12.8 Å². The van der Waals surface area contributed by atoms with Crippen LogP contribution < -0.4 is 5.32 Å². The minimum atomic E-state index is -3.70. The fourth-order valence-electron chi connectivity index (χ4n) is 4.27. The number of hydrogen-bond donors (Lipinski definition) is 1. The Hall–Kier alpha value is -2.10. The van der Waals surface area contributed by atoms with Gasteiger partial charge >= 0.3 is 0 Å². The summed E-state index contributed by atoms with van der Waals surface area (Å²) in [7, 11) is 0.236. The van der Waals surface area contributed by atoms with Crippen LogP contribution in [0.3, 0.4) is 0 Å². The topological polar surface area (TPSA) is 78.4 Å². The van der Waals surface area contributed by atoms with E-state index in [4.69, 9.17) is 9.97 Å². The molecule has 2 aliphatic rings. The summed E-state index contributed by atoms with van der Waals surface area (Å²) in [5, 5.41) is 3.19. The van der Waals surface area contributed by atoms with E-state index in [9.17, 15) is 12.8 Å². The number of piperidine rings is 1. The van der Waals surface area contributed by atoms with Crippen LogP contribution >= 0.6 is 0 Å². The number of aromatic nitrogens is 2. The predicted octanol–water partition coefficient (Wildman–Crippen LogP) is 2.52. The maximum absolute atomic E-state index is 13.6. The summed E-state index contributed by atoms with van der Waals surface area (Å²) in [4.78, 5) is 12.0. The first-order chi connectivity index (χ1) is 14.3. The first-order valence-corrected chi connectivity index (χ1v) is 11.8. The molecule has 1 fully saturated rings. The van der Waals surface area contributed by atoms with E-state index in [0.29, 0.717) is 24.5 Å². The second-order valence-corrected chi connectivity index (χ2v) is 10.1. The van der Waals surface area contributed by atoms with Crippen LogP contribution in [0.15, 0.2) is 23.1 Å². The molecule has 0 saturated carbocycles. The third-order valence-electron chi connectivity index (χ3n) is 6.03. The van der Waals surface area contributed by atoms with Crippen molar-refractivity contribution in [2.24, 2.45) is 0 Å². The van der Waals surface area contributed by atoms with E-state index in [1.807, 2.05) is 7.05 Å². The molecule has 0 spiro atoms. The third-order valence-corrected chi connectivity index (χ3v) is 7.89. The molecule has 1 atom stereocenters. The predicted molar refractivity (Wildman–Crippen MR) is 113 cm³/mol. The first-order valence-electron chi connectivity index (χ1n) is 10.3. The highest BCUT2D eigenvalue weighted by atomic mass is 32.2. The van der Waals surface area contributed by atoms with E-state index < -0.39 is 15.8 Å². The number of benzene rings is 1. The number of likely N-dealkylation sites (N-methyl/N-ethyl adjacent to an activating group) is 1. The quantitative estimate of drug-likeness (QED) is 0.798. The molecule has 0 radical (unpaired) electrons. The summed E-state index contributed by atoms with van der Waals surface area (Å²) in [5.41, 5.74) is 2.50. The highest BCUT2D eigenvalue weighted by Gasteiger charge is 2.33. The standard InChI is InChI=1S/C21H28FN5O2S/c1-14-11-16(6-7-18(14)22)30(28,29)27-9-4-5-15(12-27)20-24-19-13-26(3)10-8-17(19)21(23-2)25-20/h6-7,11,15H,4-5,8-10,12-13H2,1-3H3,(H,23,24,25)/t15-/m0/s1. The lowest BCUT2D eigenvalue weighted by atomic mass is 9.97. The van der Waals surface area contributed by atoms with Crippen LogP contribution in [0.5, 0.6) is 0 Å². The van der Waals surface area contributed by atoms with Crippen LogP contribution in [0, 0.1) is 12.7 Å². The molecule has 4 rings (SSSR count). The van der Waals surface area contributed by atoms with Gasteiger partial charge in [-0.2, -0.15) is 4.31 Å². The molecule has 7 nitrogen and oxygen atoms in total. The first kappa shape index (κ1) is 21.1. The van der Waals surface area contributed by atoms with Crippen molar-refractivity contribution in [1.82, 2.24) is 19.2 Å². The van der Waals surface area contributed by atoms with Gasteiger partial charge in [0.15, 0.2) is 0 Å². The number of nitrogens with zero attached hydrogens (tertiary/aromatic N) is 4. The zero-order chi connectivity index (χ0) is 21.5. The van der Waals surface area contributed by atoms with Crippen LogP contribution in [0.2, 0.25) is 0 Å². The number of aryl methyl sites for hydroxylation is 1. The summed E-state index contributed by atoms with van der Waals surface area (Å²) < 4.78 is 41.4. The van der Waals surface area contributed by atoms with Crippen molar-refractivity contribution in [3.05, 3.63) is 46.7 Å².